The molecule has 0 aromatic heterocycles. The molecule has 0 saturated heterocycles. The number of carbonyl (C=O) groups is 1. The molecule has 0 radical (unpaired) electrons. The number of carboxylic acid groups (broad SMARTS) is 1. The fourth-order valence-electron chi connectivity index (χ4n) is 1.69. The van der Waals surface area contributed by atoms with Crippen LogP contribution in [0.5, 0.6) is 0 Å². The van der Waals surface area contributed by atoms with Crippen LogP contribution < -0.4 is 0 Å². The summed E-state index contributed by atoms with van der Waals surface area (Å²) in [4.78, 5) is 10.1. The largest absolute Gasteiger partial charge is 0.478 e. The van der Waals surface area contributed by atoms with E-state index in [1.54, 1.807) is 12.1 Å². The molecule has 1 aromatic carbocycles. The van der Waals surface area contributed by atoms with Gasteiger partial charge in [0.1, 0.15) is 0 Å². The normalized spacial score (nSPS) is 10.4. The predicted octanol–water partition coefficient (Wildman–Crippen LogP) is 4.09. The van der Waals surface area contributed by atoms with Gasteiger partial charge >= 0.3 is 5.97 Å². The molecule has 0 aliphatic carbocycles. The van der Waals surface area contributed by atoms with Crippen LogP contribution in [0.25, 0.3) is 6.08 Å². The smallest absolute Gasteiger partial charge is 0.330 e. The lowest BCUT2D eigenvalue weighted by atomic mass is 10.1. The van der Waals surface area contributed by atoms with Crippen LogP contribution in [0.3, 0.4) is 0 Å². The molecule has 0 aliphatic rings. The summed E-state index contributed by atoms with van der Waals surface area (Å²) in [6, 6.07) is 4.37. The van der Waals surface area contributed by atoms with Crippen molar-refractivity contribution in [1.82, 2.24) is 0 Å². The number of unbranched alkanes of at least 4 members (excludes halogenated alkanes) is 2. The highest BCUT2D eigenvalue weighted by atomic mass is 32.2. The first-order chi connectivity index (χ1) is 10.6. The minimum Gasteiger partial charge on any atom is -0.478 e. The maximum absolute atomic E-state index is 10.7. The minimum atomic E-state index is -4.10. The Hall–Kier alpha value is -1.92. The van der Waals surface area contributed by atoms with E-state index in [2.05, 4.69) is 20.1 Å². The summed E-state index contributed by atoms with van der Waals surface area (Å²) in [5, 5.41) is 8.38. The highest BCUT2D eigenvalue weighted by molar-refractivity contribution is 7.85. The third kappa shape index (κ3) is 8.32. The summed E-state index contributed by atoms with van der Waals surface area (Å²) < 4.78 is 30.2. The third-order valence-corrected chi connectivity index (χ3v) is 4.00. The van der Waals surface area contributed by atoms with E-state index in [0.29, 0.717) is 17.6 Å². The van der Waals surface area contributed by atoms with E-state index < -0.39 is 16.1 Å². The van der Waals surface area contributed by atoms with Gasteiger partial charge in [0.05, 0.1) is 4.90 Å². The molecule has 0 heterocycles. The Bertz CT molecular complexity index is 660. The van der Waals surface area contributed by atoms with Gasteiger partial charge in [-0.15, -0.1) is 0 Å². The summed E-state index contributed by atoms with van der Waals surface area (Å²) in [7, 11) is -4.10. The zero-order valence-corrected chi connectivity index (χ0v) is 14.4. The molecular weight excluding hydrogens is 316 g/mol. The highest BCUT2D eigenvalue weighted by Gasteiger charge is 2.09. The van der Waals surface area contributed by atoms with Crippen molar-refractivity contribution < 1.29 is 22.9 Å². The Morgan fingerprint density at radius 3 is 2.35 bits per heavy atom. The Balaban J connectivity index is 0.000000438. The van der Waals surface area contributed by atoms with Crippen molar-refractivity contribution in [2.75, 3.05) is 0 Å². The van der Waals surface area contributed by atoms with E-state index >= 15 is 0 Å². The van der Waals surface area contributed by atoms with Crippen LogP contribution in [0.1, 0.15) is 43.7 Å². The first-order valence-corrected chi connectivity index (χ1v) is 8.69. The molecule has 0 atom stereocenters. The summed E-state index contributed by atoms with van der Waals surface area (Å²) in [6.07, 6.45) is 5.33. The van der Waals surface area contributed by atoms with Gasteiger partial charge in [-0.3, -0.25) is 4.55 Å². The molecule has 2 N–H and O–H groups in total. The summed E-state index contributed by atoms with van der Waals surface area (Å²) in [5.41, 5.74) is 1.95. The molecule has 5 nitrogen and oxygen atoms in total. The molecular formula is C17H24O5S. The van der Waals surface area contributed by atoms with Crippen molar-refractivity contribution in [2.45, 2.75) is 44.4 Å². The van der Waals surface area contributed by atoms with Crippen LogP contribution in [0.4, 0.5) is 0 Å². The number of rotatable bonds is 7. The Morgan fingerprint density at radius 1 is 1.30 bits per heavy atom. The molecule has 0 unspecified atom stereocenters. The van der Waals surface area contributed by atoms with Crippen LogP contribution in [0.15, 0.2) is 41.8 Å². The second-order valence-corrected chi connectivity index (χ2v) is 6.48. The zero-order chi connectivity index (χ0) is 18.0. The maximum Gasteiger partial charge on any atom is 0.330 e. The predicted molar refractivity (Wildman–Crippen MR) is 92.0 cm³/mol. The van der Waals surface area contributed by atoms with Gasteiger partial charge in [-0.2, -0.15) is 8.42 Å². The van der Waals surface area contributed by atoms with Gasteiger partial charge in [0.15, 0.2) is 0 Å². The van der Waals surface area contributed by atoms with Gasteiger partial charge in [0.2, 0.25) is 0 Å². The number of hydrogen-bond acceptors (Lipinski definition) is 3. The summed E-state index contributed by atoms with van der Waals surface area (Å²) in [6.45, 7) is 10.9. The monoisotopic (exact) mass is 340 g/mol. The molecule has 0 bridgehead atoms. The van der Waals surface area contributed by atoms with Crippen LogP contribution in [0, 0.1) is 6.92 Å². The van der Waals surface area contributed by atoms with Gasteiger partial charge in [-0.1, -0.05) is 45.1 Å². The fraction of sp³-hybridized carbons (Fsp3) is 0.353. The molecule has 0 amide bonds. The van der Waals surface area contributed by atoms with E-state index in [1.807, 2.05) is 6.92 Å². The molecule has 6 heteroatoms. The lowest BCUT2D eigenvalue weighted by molar-refractivity contribution is -0.132. The molecule has 0 saturated carbocycles. The quantitative estimate of drug-likeness (QED) is 0.443. The first kappa shape index (κ1) is 21.1. The van der Waals surface area contributed by atoms with Crippen molar-refractivity contribution in [2.24, 2.45) is 0 Å². The molecule has 0 fully saturated rings. The highest BCUT2D eigenvalue weighted by Crippen LogP contribution is 2.15. The van der Waals surface area contributed by atoms with E-state index in [-0.39, 0.29) is 4.90 Å². The van der Waals surface area contributed by atoms with Gasteiger partial charge < -0.3 is 5.11 Å². The van der Waals surface area contributed by atoms with Crippen molar-refractivity contribution in [3.8, 4) is 0 Å². The molecule has 1 aromatic rings. The number of aliphatic carboxylic acids is 1. The molecule has 128 valence electrons. The van der Waals surface area contributed by atoms with Crippen LogP contribution in [0.2, 0.25) is 0 Å². The van der Waals surface area contributed by atoms with Crippen molar-refractivity contribution in [3.05, 3.63) is 48.1 Å². The van der Waals surface area contributed by atoms with Crippen molar-refractivity contribution in [1.29, 1.82) is 0 Å². The first-order valence-electron chi connectivity index (χ1n) is 7.25. The van der Waals surface area contributed by atoms with E-state index in [9.17, 15) is 13.2 Å². The molecule has 23 heavy (non-hydrogen) atoms. The number of carboxylic acids is 1. The SMILES string of the molecule is C=C(CCCCC)C(=O)O.C=Cc1cc(S(=O)(=O)O)ccc1C. The zero-order valence-electron chi connectivity index (χ0n) is 13.6. The van der Waals surface area contributed by atoms with Gasteiger partial charge in [-0.25, -0.2) is 4.79 Å². The molecule has 0 spiro atoms. The number of benzene rings is 1. The average Bonchev–Trinajstić information content (AvgIpc) is 2.47. The standard InChI is InChI=1S/C9H10O3S.C8H14O2/c1-3-8-6-9(13(10,11)12)5-4-7(8)2;1-3-4-5-6-7(2)8(9)10/h3-6H,1H2,2H3,(H,10,11,12);2-6H2,1H3,(H,9,10). The number of aryl methyl sites for hydroxylation is 1. The summed E-state index contributed by atoms with van der Waals surface area (Å²) in [5.74, 6) is -0.865. The van der Waals surface area contributed by atoms with Gasteiger partial charge in [-0.05, 0) is 43.0 Å². The second-order valence-electron chi connectivity index (χ2n) is 5.06. The fourth-order valence-corrected chi connectivity index (χ4v) is 2.21. The lowest BCUT2D eigenvalue weighted by Crippen LogP contribution is -1.98. The topological polar surface area (TPSA) is 91.7 Å². The van der Waals surface area contributed by atoms with Crippen molar-refractivity contribution in [3.63, 3.8) is 0 Å². The molecule has 1 rings (SSSR count). The van der Waals surface area contributed by atoms with E-state index in [4.69, 9.17) is 9.66 Å². The van der Waals surface area contributed by atoms with E-state index in [0.717, 1.165) is 24.8 Å². The summed E-state index contributed by atoms with van der Waals surface area (Å²) >= 11 is 0. The van der Waals surface area contributed by atoms with E-state index in [1.165, 1.54) is 12.1 Å². The average molecular weight is 340 g/mol. The van der Waals surface area contributed by atoms with Crippen LogP contribution in [-0.2, 0) is 14.9 Å². The second kappa shape index (κ2) is 9.97. The third-order valence-electron chi connectivity index (χ3n) is 3.15. The maximum atomic E-state index is 10.7. The van der Waals surface area contributed by atoms with Crippen LogP contribution in [-0.4, -0.2) is 24.0 Å². The van der Waals surface area contributed by atoms with Gasteiger partial charge in [0, 0.05) is 5.57 Å². The Kier molecular flexibility index (Phi) is 9.14. The Labute approximate surface area is 138 Å². The minimum absolute atomic E-state index is 0.104. The van der Waals surface area contributed by atoms with Crippen LogP contribution >= 0.6 is 0 Å². The Morgan fingerprint density at radius 2 is 1.91 bits per heavy atom. The lowest BCUT2D eigenvalue weighted by Gasteiger charge is -2.02. The number of hydrogen-bond donors (Lipinski definition) is 2. The van der Waals surface area contributed by atoms with Gasteiger partial charge in [0.25, 0.3) is 10.1 Å². The van der Waals surface area contributed by atoms with Crippen molar-refractivity contribution >= 4 is 22.2 Å². The molecule has 0 aliphatic heterocycles.